The average molecular weight is 333 g/mol. The van der Waals surface area contributed by atoms with E-state index >= 15 is 0 Å². The highest BCUT2D eigenvalue weighted by Crippen LogP contribution is 2.20. The van der Waals surface area contributed by atoms with Crippen LogP contribution in [0.5, 0.6) is 0 Å². The third-order valence-electron chi connectivity index (χ3n) is 4.05. The van der Waals surface area contributed by atoms with Crippen LogP contribution in [0.25, 0.3) is 0 Å². The fourth-order valence-corrected chi connectivity index (χ4v) is 2.46. The topological polar surface area (TPSA) is 88.7 Å². The van der Waals surface area contributed by atoms with Crippen molar-refractivity contribution in [1.82, 2.24) is 10.6 Å². The largest absolute Gasteiger partial charge is 0.376 e. The molecular formula is C17H23N3O4. The van der Waals surface area contributed by atoms with E-state index in [9.17, 15) is 9.59 Å². The van der Waals surface area contributed by atoms with E-state index in [0.717, 1.165) is 24.1 Å². The zero-order chi connectivity index (χ0) is 16.9. The second kappa shape index (κ2) is 7.63. The average Bonchev–Trinajstić information content (AvgIpc) is 3.40. The number of hydrogen-bond donors (Lipinski definition) is 3. The number of rotatable bonds is 5. The molecule has 1 saturated carbocycles. The number of hydrogen-bond acceptors (Lipinski definition) is 4. The first-order chi connectivity index (χ1) is 11.6. The van der Waals surface area contributed by atoms with Crippen LogP contribution in [0.15, 0.2) is 24.3 Å². The summed E-state index contributed by atoms with van der Waals surface area (Å²) in [5, 5.41) is 8.58. The quantitative estimate of drug-likeness (QED) is 0.763. The lowest BCUT2D eigenvalue weighted by Gasteiger charge is -2.24. The van der Waals surface area contributed by atoms with Gasteiger partial charge in [0.2, 0.25) is 0 Å². The standard InChI is InChI=1S/C17H23N3O4/c1-11(18-16(21)15-10-23-8-9-24-15)12-2-4-13(5-3-12)19-17(22)20-14-6-7-14/h2-5,11,14-15H,6-10H2,1H3,(H,18,21)(H2,19,20,22)/t11-,15-/m1/s1. The predicted molar refractivity (Wildman–Crippen MR) is 88.7 cm³/mol. The van der Waals surface area contributed by atoms with Crippen molar-refractivity contribution in [1.29, 1.82) is 0 Å². The molecule has 2 atom stereocenters. The van der Waals surface area contributed by atoms with Crippen LogP contribution in [0.1, 0.15) is 31.4 Å². The van der Waals surface area contributed by atoms with Gasteiger partial charge < -0.3 is 25.4 Å². The van der Waals surface area contributed by atoms with Gasteiger partial charge in [0.25, 0.3) is 5.91 Å². The highest BCUT2D eigenvalue weighted by atomic mass is 16.6. The summed E-state index contributed by atoms with van der Waals surface area (Å²) in [6.07, 6.45) is 1.56. The molecule has 7 nitrogen and oxygen atoms in total. The molecule has 0 radical (unpaired) electrons. The lowest BCUT2D eigenvalue weighted by Crippen LogP contribution is -2.43. The molecule has 0 aromatic heterocycles. The second-order valence-corrected chi connectivity index (χ2v) is 6.16. The van der Waals surface area contributed by atoms with Gasteiger partial charge >= 0.3 is 6.03 Å². The lowest BCUT2D eigenvalue weighted by atomic mass is 10.1. The summed E-state index contributed by atoms with van der Waals surface area (Å²) in [4.78, 5) is 23.8. The van der Waals surface area contributed by atoms with Crippen LogP contribution in [0.3, 0.4) is 0 Å². The van der Waals surface area contributed by atoms with Crippen molar-refractivity contribution < 1.29 is 19.1 Å². The van der Waals surface area contributed by atoms with E-state index in [0.29, 0.717) is 19.3 Å². The van der Waals surface area contributed by atoms with Gasteiger partial charge in [-0.2, -0.15) is 0 Å². The van der Waals surface area contributed by atoms with Gasteiger partial charge in [0.05, 0.1) is 25.9 Å². The van der Waals surface area contributed by atoms with Crippen molar-refractivity contribution in [2.75, 3.05) is 25.1 Å². The zero-order valence-corrected chi connectivity index (χ0v) is 13.7. The molecule has 3 rings (SSSR count). The summed E-state index contributed by atoms with van der Waals surface area (Å²) in [5.74, 6) is -0.173. The van der Waals surface area contributed by atoms with Crippen LogP contribution in [0.4, 0.5) is 10.5 Å². The summed E-state index contributed by atoms with van der Waals surface area (Å²) in [6.45, 7) is 3.17. The number of ether oxygens (including phenoxy) is 2. The van der Waals surface area contributed by atoms with Crippen molar-refractivity contribution >= 4 is 17.6 Å². The van der Waals surface area contributed by atoms with Crippen molar-refractivity contribution in [3.8, 4) is 0 Å². The predicted octanol–water partition coefficient (Wildman–Crippen LogP) is 1.56. The van der Waals surface area contributed by atoms with Crippen molar-refractivity contribution in [2.24, 2.45) is 0 Å². The van der Waals surface area contributed by atoms with Gasteiger partial charge in [0.15, 0.2) is 6.10 Å². The molecular weight excluding hydrogens is 310 g/mol. The van der Waals surface area contributed by atoms with E-state index in [2.05, 4.69) is 16.0 Å². The fourth-order valence-electron chi connectivity index (χ4n) is 2.46. The molecule has 7 heteroatoms. The summed E-state index contributed by atoms with van der Waals surface area (Å²) in [6, 6.07) is 7.41. The number of benzene rings is 1. The molecule has 2 aliphatic rings. The molecule has 0 unspecified atom stereocenters. The Morgan fingerprint density at radius 3 is 2.54 bits per heavy atom. The molecule has 3 N–H and O–H groups in total. The van der Waals surface area contributed by atoms with Crippen molar-refractivity contribution in [2.45, 2.75) is 38.0 Å². The third kappa shape index (κ3) is 4.69. The maximum Gasteiger partial charge on any atom is 0.319 e. The molecule has 0 spiro atoms. The monoisotopic (exact) mass is 333 g/mol. The molecule has 1 aliphatic heterocycles. The number of anilines is 1. The van der Waals surface area contributed by atoms with E-state index in [4.69, 9.17) is 9.47 Å². The molecule has 1 aromatic rings. The Balaban J connectivity index is 1.50. The molecule has 1 aliphatic carbocycles. The minimum absolute atomic E-state index is 0.155. The van der Waals surface area contributed by atoms with Gasteiger partial charge in [0.1, 0.15) is 0 Å². The maximum absolute atomic E-state index is 12.1. The maximum atomic E-state index is 12.1. The Labute approximate surface area is 141 Å². The number of carbonyl (C=O) groups excluding carboxylic acids is 2. The highest BCUT2D eigenvalue weighted by Gasteiger charge is 2.24. The molecule has 130 valence electrons. The van der Waals surface area contributed by atoms with Crippen LogP contribution < -0.4 is 16.0 Å². The normalized spacial score (nSPS) is 21.6. The van der Waals surface area contributed by atoms with Crippen LogP contribution in [0.2, 0.25) is 0 Å². The van der Waals surface area contributed by atoms with Crippen LogP contribution in [0, 0.1) is 0 Å². The minimum atomic E-state index is -0.548. The Hall–Kier alpha value is -2.12. The first-order valence-electron chi connectivity index (χ1n) is 8.29. The van der Waals surface area contributed by atoms with Crippen LogP contribution in [-0.4, -0.2) is 43.9 Å². The van der Waals surface area contributed by atoms with Crippen molar-refractivity contribution in [3.63, 3.8) is 0 Å². The fraction of sp³-hybridized carbons (Fsp3) is 0.529. The Morgan fingerprint density at radius 2 is 1.92 bits per heavy atom. The summed E-state index contributed by atoms with van der Waals surface area (Å²) < 4.78 is 10.6. The number of amides is 3. The third-order valence-corrected chi connectivity index (χ3v) is 4.05. The molecule has 1 saturated heterocycles. The first-order valence-corrected chi connectivity index (χ1v) is 8.29. The van der Waals surface area contributed by atoms with E-state index < -0.39 is 6.10 Å². The molecule has 1 heterocycles. The highest BCUT2D eigenvalue weighted by molar-refractivity contribution is 5.89. The second-order valence-electron chi connectivity index (χ2n) is 6.16. The molecule has 3 amide bonds. The Kier molecular flexibility index (Phi) is 5.32. The molecule has 2 fully saturated rings. The number of urea groups is 1. The van der Waals surface area contributed by atoms with Crippen LogP contribution in [-0.2, 0) is 14.3 Å². The minimum Gasteiger partial charge on any atom is -0.376 e. The zero-order valence-electron chi connectivity index (χ0n) is 13.7. The van der Waals surface area contributed by atoms with E-state index in [-0.39, 0.29) is 24.6 Å². The SMILES string of the molecule is C[C@@H](NC(=O)[C@H]1COCCO1)c1ccc(NC(=O)NC2CC2)cc1. The number of carbonyl (C=O) groups is 2. The van der Waals surface area contributed by atoms with Gasteiger partial charge in [-0.1, -0.05) is 12.1 Å². The Morgan fingerprint density at radius 1 is 1.17 bits per heavy atom. The smallest absolute Gasteiger partial charge is 0.319 e. The summed E-state index contributed by atoms with van der Waals surface area (Å²) >= 11 is 0. The molecule has 0 bridgehead atoms. The summed E-state index contributed by atoms with van der Waals surface area (Å²) in [7, 11) is 0. The number of nitrogens with one attached hydrogen (secondary N) is 3. The molecule has 24 heavy (non-hydrogen) atoms. The Bertz CT molecular complexity index is 580. The van der Waals surface area contributed by atoms with Gasteiger partial charge in [-0.15, -0.1) is 0 Å². The van der Waals surface area contributed by atoms with Gasteiger partial charge in [0, 0.05) is 11.7 Å². The summed E-state index contributed by atoms with van der Waals surface area (Å²) in [5.41, 5.74) is 1.67. The van der Waals surface area contributed by atoms with E-state index in [1.165, 1.54) is 0 Å². The van der Waals surface area contributed by atoms with Gasteiger partial charge in [-0.3, -0.25) is 4.79 Å². The molecule has 1 aromatic carbocycles. The first kappa shape index (κ1) is 16.7. The van der Waals surface area contributed by atoms with E-state index in [1.54, 1.807) is 0 Å². The van der Waals surface area contributed by atoms with Crippen LogP contribution >= 0.6 is 0 Å². The van der Waals surface area contributed by atoms with Gasteiger partial charge in [-0.25, -0.2) is 4.79 Å². The van der Waals surface area contributed by atoms with E-state index in [1.807, 2.05) is 31.2 Å². The van der Waals surface area contributed by atoms with Crippen molar-refractivity contribution in [3.05, 3.63) is 29.8 Å². The van der Waals surface area contributed by atoms with Gasteiger partial charge in [-0.05, 0) is 37.5 Å². The lowest BCUT2D eigenvalue weighted by molar-refractivity contribution is -0.148.